The number of aryl methyl sites for hydroxylation is 2. The Morgan fingerprint density at radius 1 is 1.41 bits per heavy atom. The van der Waals surface area contributed by atoms with E-state index in [0.29, 0.717) is 12.2 Å². The first-order valence-electron chi connectivity index (χ1n) is 5.24. The highest BCUT2D eigenvalue weighted by Crippen LogP contribution is 2.21. The molecule has 0 spiro atoms. The molecule has 0 N–H and O–H groups in total. The van der Waals surface area contributed by atoms with Crippen molar-refractivity contribution in [2.45, 2.75) is 20.5 Å². The summed E-state index contributed by atoms with van der Waals surface area (Å²) in [6, 6.07) is 7.56. The van der Waals surface area contributed by atoms with Gasteiger partial charge >= 0.3 is 0 Å². The van der Waals surface area contributed by atoms with Crippen molar-refractivity contribution >= 4 is 11.3 Å². The molecule has 0 fully saturated rings. The van der Waals surface area contributed by atoms with Gasteiger partial charge in [-0.2, -0.15) is 5.26 Å². The molecule has 1 aromatic carbocycles. The molecule has 1 heterocycles. The second kappa shape index (κ2) is 4.98. The molecule has 4 heteroatoms. The number of nitrogens with zero attached hydrogens (tertiary/aromatic N) is 2. The van der Waals surface area contributed by atoms with E-state index in [2.05, 4.69) is 11.1 Å². The maximum Gasteiger partial charge on any atom is 0.124 e. The van der Waals surface area contributed by atoms with Crippen molar-refractivity contribution in [2.24, 2.45) is 0 Å². The van der Waals surface area contributed by atoms with Crippen molar-refractivity contribution in [1.29, 1.82) is 5.26 Å². The predicted octanol–water partition coefficient (Wildman–Crippen LogP) is 3.21. The van der Waals surface area contributed by atoms with Crippen molar-refractivity contribution in [3.8, 4) is 11.8 Å². The number of rotatable bonds is 3. The van der Waals surface area contributed by atoms with Crippen LogP contribution in [-0.4, -0.2) is 4.98 Å². The summed E-state index contributed by atoms with van der Waals surface area (Å²) in [6.07, 6.45) is 1.82. The first kappa shape index (κ1) is 11.6. The molecule has 0 saturated heterocycles. The van der Waals surface area contributed by atoms with Crippen molar-refractivity contribution in [3.63, 3.8) is 0 Å². The standard InChI is InChI=1S/C13H12N2OS/c1-9-3-4-11(6-14)5-13(9)16-8-12-7-15-10(2)17-12/h3-5,7H,8H2,1-2H3. The monoisotopic (exact) mass is 244 g/mol. The lowest BCUT2D eigenvalue weighted by Crippen LogP contribution is -1.95. The maximum absolute atomic E-state index is 8.83. The summed E-state index contributed by atoms with van der Waals surface area (Å²) in [5, 5.41) is 9.86. The molecule has 0 atom stereocenters. The molecule has 2 rings (SSSR count). The van der Waals surface area contributed by atoms with E-state index in [1.165, 1.54) is 0 Å². The Balaban J connectivity index is 2.11. The zero-order valence-electron chi connectivity index (χ0n) is 9.73. The Labute approximate surface area is 104 Å². The average molecular weight is 244 g/mol. The molecule has 3 nitrogen and oxygen atoms in total. The molecule has 0 aliphatic rings. The molecule has 0 aliphatic carbocycles. The second-order valence-corrected chi connectivity index (χ2v) is 5.05. The summed E-state index contributed by atoms with van der Waals surface area (Å²) in [5.74, 6) is 0.759. The lowest BCUT2D eigenvalue weighted by atomic mass is 10.1. The molecule has 2 aromatic rings. The highest BCUT2D eigenvalue weighted by atomic mass is 32.1. The second-order valence-electron chi connectivity index (χ2n) is 3.73. The maximum atomic E-state index is 8.83. The smallest absolute Gasteiger partial charge is 0.124 e. The van der Waals surface area contributed by atoms with Gasteiger partial charge in [-0.1, -0.05) is 6.07 Å². The number of benzene rings is 1. The third kappa shape index (κ3) is 2.83. The van der Waals surface area contributed by atoms with Crippen LogP contribution in [0, 0.1) is 25.2 Å². The average Bonchev–Trinajstić information content (AvgIpc) is 2.74. The van der Waals surface area contributed by atoms with Gasteiger partial charge in [0.05, 0.1) is 21.5 Å². The van der Waals surface area contributed by atoms with E-state index in [0.717, 1.165) is 21.2 Å². The Hall–Kier alpha value is -1.86. The quantitative estimate of drug-likeness (QED) is 0.832. The van der Waals surface area contributed by atoms with Crippen LogP contribution in [0.25, 0.3) is 0 Å². The van der Waals surface area contributed by atoms with Crippen LogP contribution in [0.3, 0.4) is 0 Å². The number of nitriles is 1. The van der Waals surface area contributed by atoms with Gasteiger partial charge in [0.15, 0.2) is 0 Å². The van der Waals surface area contributed by atoms with Crippen molar-refractivity contribution < 1.29 is 4.74 Å². The largest absolute Gasteiger partial charge is 0.488 e. The van der Waals surface area contributed by atoms with Crippen LogP contribution >= 0.6 is 11.3 Å². The minimum absolute atomic E-state index is 0.501. The van der Waals surface area contributed by atoms with Crippen molar-refractivity contribution in [2.75, 3.05) is 0 Å². The van der Waals surface area contributed by atoms with Gasteiger partial charge < -0.3 is 4.74 Å². The number of thiazole rings is 1. The normalized spacial score (nSPS) is 9.94. The summed E-state index contributed by atoms with van der Waals surface area (Å²) >= 11 is 1.62. The van der Waals surface area contributed by atoms with Gasteiger partial charge in [0.25, 0.3) is 0 Å². The van der Waals surface area contributed by atoms with Crippen LogP contribution in [0.5, 0.6) is 5.75 Å². The summed E-state index contributed by atoms with van der Waals surface area (Å²) in [5.41, 5.74) is 1.65. The van der Waals surface area contributed by atoms with E-state index in [9.17, 15) is 0 Å². The summed E-state index contributed by atoms with van der Waals surface area (Å²) in [6.45, 7) is 4.44. The van der Waals surface area contributed by atoms with E-state index in [1.807, 2.05) is 26.1 Å². The minimum atomic E-state index is 0.501. The Bertz CT molecular complexity index is 569. The third-order valence-corrected chi connectivity index (χ3v) is 3.24. The highest BCUT2D eigenvalue weighted by molar-refractivity contribution is 7.11. The molecule has 0 saturated carbocycles. The fourth-order valence-corrected chi connectivity index (χ4v) is 2.15. The van der Waals surface area contributed by atoms with Gasteiger partial charge in [-0.15, -0.1) is 11.3 Å². The SMILES string of the molecule is Cc1ncc(COc2cc(C#N)ccc2C)s1. The van der Waals surface area contributed by atoms with E-state index in [4.69, 9.17) is 10.00 Å². The van der Waals surface area contributed by atoms with E-state index < -0.39 is 0 Å². The van der Waals surface area contributed by atoms with E-state index in [-0.39, 0.29) is 0 Å². The Kier molecular flexibility index (Phi) is 3.40. The molecule has 1 aromatic heterocycles. The van der Waals surface area contributed by atoms with Crippen molar-refractivity contribution in [1.82, 2.24) is 4.98 Å². The van der Waals surface area contributed by atoms with Crippen molar-refractivity contribution in [3.05, 3.63) is 45.4 Å². The predicted molar refractivity (Wildman–Crippen MR) is 67.1 cm³/mol. The summed E-state index contributed by atoms with van der Waals surface area (Å²) in [4.78, 5) is 5.26. The first-order valence-corrected chi connectivity index (χ1v) is 6.05. The van der Waals surface area contributed by atoms with Gasteiger partial charge in [-0.3, -0.25) is 0 Å². The van der Waals surface area contributed by atoms with Gasteiger partial charge in [-0.05, 0) is 31.5 Å². The zero-order valence-corrected chi connectivity index (χ0v) is 10.5. The third-order valence-electron chi connectivity index (χ3n) is 2.36. The molecule has 0 bridgehead atoms. The van der Waals surface area contributed by atoms with E-state index in [1.54, 1.807) is 23.5 Å². The molecule has 17 heavy (non-hydrogen) atoms. The number of ether oxygens (including phenoxy) is 1. The van der Waals surface area contributed by atoms with Crippen LogP contribution in [0.1, 0.15) is 21.0 Å². The molecule has 0 amide bonds. The van der Waals surface area contributed by atoms with Gasteiger partial charge in [-0.25, -0.2) is 4.98 Å². The molecule has 86 valence electrons. The van der Waals surface area contributed by atoms with Gasteiger partial charge in [0, 0.05) is 6.20 Å². The number of aromatic nitrogens is 1. The fourth-order valence-electron chi connectivity index (χ4n) is 1.45. The summed E-state index contributed by atoms with van der Waals surface area (Å²) < 4.78 is 5.70. The zero-order chi connectivity index (χ0) is 12.3. The van der Waals surface area contributed by atoms with E-state index >= 15 is 0 Å². The Morgan fingerprint density at radius 3 is 2.88 bits per heavy atom. The van der Waals surface area contributed by atoms with Crippen LogP contribution in [0.15, 0.2) is 24.4 Å². The van der Waals surface area contributed by atoms with Crippen LogP contribution < -0.4 is 4.74 Å². The molecular formula is C13H12N2OS. The van der Waals surface area contributed by atoms with Crippen LogP contribution in [0.2, 0.25) is 0 Å². The highest BCUT2D eigenvalue weighted by Gasteiger charge is 2.03. The molecule has 0 radical (unpaired) electrons. The lowest BCUT2D eigenvalue weighted by Gasteiger charge is -2.07. The minimum Gasteiger partial charge on any atom is -0.488 e. The number of hydrogen-bond acceptors (Lipinski definition) is 4. The fraction of sp³-hybridized carbons (Fsp3) is 0.231. The van der Waals surface area contributed by atoms with Crippen LogP contribution in [0.4, 0.5) is 0 Å². The Morgan fingerprint density at radius 2 is 2.24 bits per heavy atom. The molecular weight excluding hydrogens is 232 g/mol. The van der Waals surface area contributed by atoms with Gasteiger partial charge in [0.1, 0.15) is 12.4 Å². The molecule has 0 unspecified atom stereocenters. The summed E-state index contributed by atoms with van der Waals surface area (Å²) in [7, 11) is 0. The van der Waals surface area contributed by atoms with Gasteiger partial charge in [0.2, 0.25) is 0 Å². The lowest BCUT2D eigenvalue weighted by molar-refractivity contribution is 0.307. The first-order chi connectivity index (χ1) is 8.19. The number of hydrogen-bond donors (Lipinski definition) is 0. The topological polar surface area (TPSA) is 45.9 Å². The molecule has 0 aliphatic heterocycles. The van der Waals surface area contributed by atoms with Crippen LogP contribution in [-0.2, 0) is 6.61 Å².